The van der Waals surface area contributed by atoms with Crippen molar-refractivity contribution in [1.29, 1.82) is 0 Å². The van der Waals surface area contributed by atoms with Gasteiger partial charge in [-0.1, -0.05) is 89.0 Å². The molecule has 3 rings (SSSR count). The molecule has 0 saturated carbocycles. The van der Waals surface area contributed by atoms with E-state index in [1.807, 2.05) is 60.3 Å². The summed E-state index contributed by atoms with van der Waals surface area (Å²) < 4.78 is 6.28. The smallest absolute Gasteiger partial charge is 0.249 e. The lowest BCUT2D eigenvalue weighted by Gasteiger charge is -2.49. The van der Waals surface area contributed by atoms with Crippen LogP contribution in [0.25, 0.3) is 0 Å². The van der Waals surface area contributed by atoms with Gasteiger partial charge in [0.25, 0.3) is 0 Å². The summed E-state index contributed by atoms with van der Waals surface area (Å²) >= 11 is 14.4. The molecule has 3 atom stereocenters. The Labute approximate surface area is 206 Å². The first-order valence-corrected chi connectivity index (χ1v) is 12.7. The molecule has 32 heavy (non-hydrogen) atoms. The minimum atomic E-state index is -0.322. The monoisotopic (exact) mass is 493 g/mol. The molecule has 0 aliphatic carbocycles. The molecule has 1 aliphatic heterocycles. The molecule has 0 aromatic heterocycles. The second-order valence-corrected chi connectivity index (χ2v) is 13.1. The van der Waals surface area contributed by atoms with Crippen molar-refractivity contribution < 1.29 is 9.53 Å². The Morgan fingerprint density at radius 1 is 1.00 bits per heavy atom. The number of benzene rings is 2. The molecule has 0 radical (unpaired) electrons. The van der Waals surface area contributed by atoms with Crippen LogP contribution in [-0.4, -0.2) is 34.0 Å². The minimum Gasteiger partial charge on any atom is -0.361 e. The van der Waals surface area contributed by atoms with E-state index in [2.05, 4.69) is 46.4 Å². The third-order valence-electron chi connectivity index (χ3n) is 5.66. The van der Waals surface area contributed by atoms with Crippen LogP contribution in [0.4, 0.5) is 0 Å². The van der Waals surface area contributed by atoms with Gasteiger partial charge in [-0.3, -0.25) is 4.79 Å². The molecule has 0 unspecified atom stereocenters. The van der Waals surface area contributed by atoms with Crippen molar-refractivity contribution in [3.05, 3.63) is 69.7 Å². The van der Waals surface area contributed by atoms with E-state index in [4.69, 9.17) is 27.9 Å². The number of nitrogens with zero attached hydrogens (tertiary/aromatic N) is 1. The lowest BCUT2D eigenvalue weighted by atomic mass is 9.83. The molecule has 3 nitrogen and oxygen atoms in total. The average molecular weight is 495 g/mol. The molecule has 0 N–H and O–H groups in total. The molecule has 174 valence electrons. The number of hydrogen-bond donors (Lipinski definition) is 0. The van der Waals surface area contributed by atoms with E-state index in [-0.39, 0.29) is 40.9 Å². The topological polar surface area (TPSA) is 29.5 Å². The first-order chi connectivity index (χ1) is 14.9. The molecule has 6 heteroatoms. The van der Waals surface area contributed by atoms with Gasteiger partial charge in [0.05, 0.1) is 6.04 Å². The standard InChI is InChI=1S/C26H33Cl2NO2S/c1-25(2,3)21(16-32-26(4,5)6)29-22(30)15-31-24(18-8-7-9-20(28)14-18)23(29)17-10-12-19(27)13-11-17/h7-14,21,23-24H,15-16H2,1-6H3/t21-,23-,24-/m1/s1. The third-order valence-corrected chi connectivity index (χ3v) is 7.49. The number of amides is 1. The van der Waals surface area contributed by atoms with Crippen molar-refractivity contribution in [2.24, 2.45) is 5.41 Å². The van der Waals surface area contributed by atoms with Crippen LogP contribution in [-0.2, 0) is 9.53 Å². The van der Waals surface area contributed by atoms with Gasteiger partial charge < -0.3 is 9.64 Å². The lowest BCUT2D eigenvalue weighted by Crippen LogP contribution is -2.56. The fourth-order valence-electron chi connectivity index (χ4n) is 4.03. The van der Waals surface area contributed by atoms with Crippen molar-refractivity contribution >= 4 is 40.9 Å². The van der Waals surface area contributed by atoms with Gasteiger partial charge in [-0.15, -0.1) is 0 Å². The number of carbonyl (C=O) groups excluding carboxylic acids is 1. The van der Waals surface area contributed by atoms with E-state index >= 15 is 0 Å². The van der Waals surface area contributed by atoms with Gasteiger partial charge in [-0.25, -0.2) is 0 Å². The summed E-state index contributed by atoms with van der Waals surface area (Å²) in [5.74, 6) is 0.850. The van der Waals surface area contributed by atoms with E-state index in [1.54, 1.807) is 0 Å². The number of hydrogen-bond acceptors (Lipinski definition) is 3. The highest BCUT2D eigenvalue weighted by Gasteiger charge is 2.45. The number of carbonyl (C=O) groups is 1. The molecular formula is C26H33Cl2NO2S. The van der Waals surface area contributed by atoms with Crippen molar-refractivity contribution in [3.63, 3.8) is 0 Å². The van der Waals surface area contributed by atoms with Crippen LogP contribution < -0.4 is 0 Å². The third kappa shape index (κ3) is 6.22. The molecule has 1 saturated heterocycles. The zero-order valence-electron chi connectivity index (χ0n) is 19.7. The van der Waals surface area contributed by atoms with Gasteiger partial charge in [-0.05, 0) is 40.8 Å². The summed E-state index contributed by atoms with van der Waals surface area (Å²) in [4.78, 5) is 15.5. The van der Waals surface area contributed by atoms with Crippen molar-refractivity contribution in [2.75, 3.05) is 12.4 Å². The fraction of sp³-hybridized carbons (Fsp3) is 0.500. The first-order valence-electron chi connectivity index (χ1n) is 10.9. The van der Waals surface area contributed by atoms with E-state index in [0.29, 0.717) is 10.0 Å². The highest BCUT2D eigenvalue weighted by atomic mass is 35.5. The summed E-state index contributed by atoms with van der Waals surface area (Å²) in [5.41, 5.74) is 1.85. The molecule has 0 spiro atoms. The largest absolute Gasteiger partial charge is 0.361 e. The maximum atomic E-state index is 13.4. The Morgan fingerprint density at radius 2 is 1.66 bits per heavy atom. The summed E-state index contributed by atoms with van der Waals surface area (Å²) in [5, 5.41) is 1.32. The van der Waals surface area contributed by atoms with Gasteiger partial charge in [0.15, 0.2) is 0 Å². The molecule has 0 bridgehead atoms. The number of ether oxygens (including phenoxy) is 1. The van der Waals surface area contributed by atoms with Crippen LogP contribution in [0, 0.1) is 5.41 Å². The van der Waals surface area contributed by atoms with Crippen molar-refractivity contribution in [2.45, 2.75) is 64.5 Å². The highest BCUT2D eigenvalue weighted by molar-refractivity contribution is 8.00. The number of halogens is 2. The molecule has 1 fully saturated rings. The fourth-order valence-corrected chi connectivity index (χ4v) is 5.67. The first kappa shape index (κ1) is 25.4. The number of rotatable bonds is 5. The maximum absolute atomic E-state index is 13.4. The van der Waals surface area contributed by atoms with Crippen molar-refractivity contribution in [3.8, 4) is 0 Å². The van der Waals surface area contributed by atoms with Gasteiger partial charge >= 0.3 is 0 Å². The van der Waals surface area contributed by atoms with Crippen LogP contribution in [0.3, 0.4) is 0 Å². The summed E-state index contributed by atoms with van der Waals surface area (Å²) in [6.45, 7) is 13.3. The Morgan fingerprint density at radius 3 is 2.22 bits per heavy atom. The molecule has 2 aromatic carbocycles. The van der Waals surface area contributed by atoms with Crippen LogP contribution in [0.1, 0.15) is 64.8 Å². The average Bonchev–Trinajstić information content (AvgIpc) is 2.68. The summed E-state index contributed by atoms with van der Waals surface area (Å²) in [6, 6.07) is 15.2. The Kier molecular flexibility index (Phi) is 7.92. The van der Waals surface area contributed by atoms with E-state index < -0.39 is 0 Å². The number of thioether (sulfide) groups is 1. The predicted octanol–water partition coefficient (Wildman–Crippen LogP) is 7.58. The predicted molar refractivity (Wildman–Crippen MR) is 137 cm³/mol. The van der Waals surface area contributed by atoms with Gasteiger partial charge in [-0.2, -0.15) is 11.8 Å². The van der Waals surface area contributed by atoms with Gasteiger partial charge in [0.1, 0.15) is 12.7 Å². The van der Waals surface area contributed by atoms with Gasteiger partial charge in [0.2, 0.25) is 5.91 Å². The van der Waals surface area contributed by atoms with Crippen LogP contribution in [0.2, 0.25) is 10.0 Å². The van der Waals surface area contributed by atoms with Crippen LogP contribution in [0.15, 0.2) is 48.5 Å². The van der Waals surface area contributed by atoms with E-state index in [1.165, 1.54) is 0 Å². The summed E-state index contributed by atoms with van der Waals surface area (Å²) in [7, 11) is 0. The Bertz CT molecular complexity index is 934. The quantitative estimate of drug-likeness (QED) is 0.429. The van der Waals surface area contributed by atoms with Crippen LogP contribution >= 0.6 is 35.0 Å². The maximum Gasteiger partial charge on any atom is 0.249 e. The van der Waals surface area contributed by atoms with E-state index in [0.717, 1.165) is 16.9 Å². The zero-order valence-corrected chi connectivity index (χ0v) is 22.0. The van der Waals surface area contributed by atoms with Gasteiger partial charge in [0, 0.05) is 26.6 Å². The summed E-state index contributed by atoms with van der Waals surface area (Å²) in [6.07, 6.45) is -0.322. The zero-order chi connectivity index (χ0) is 23.7. The molecule has 1 heterocycles. The Hall–Kier alpha value is -1.20. The highest BCUT2D eigenvalue weighted by Crippen LogP contribution is 2.45. The second kappa shape index (κ2) is 9.97. The normalized spacial score (nSPS) is 21.0. The van der Waals surface area contributed by atoms with Crippen molar-refractivity contribution in [1.82, 2.24) is 4.90 Å². The lowest BCUT2D eigenvalue weighted by molar-refractivity contribution is -0.166. The second-order valence-electron chi connectivity index (χ2n) is 10.4. The SMILES string of the molecule is CC(C)(C)SC[C@@H](N1C(=O)CO[C@H](c2cccc(Cl)c2)[C@H]1c1ccc(Cl)cc1)C(C)(C)C. The molecule has 2 aromatic rings. The molecule has 1 amide bonds. The minimum absolute atomic E-state index is 0.0117. The molecule has 1 aliphatic rings. The molecular weight excluding hydrogens is 461 g/mol. The Balaban J connectivity index is 2.12. The van der Waals surface area contributed by atoms with Crippen LogP contribution in [0.5, 0.6) is 0 Å². The van der Waals surface area contributed by atoms with E-state index in [9.17, 15) is 4.79 Å². The number of morpholine rings is 1.